The Bertz CT molecular complexity index is 649. The molecule has 2 aromatic rings. The molecular weight excluding hydrogens is 312 g/mol. The molecule has 0 radical (unpaired) electrons. The molecule has 1 saturated heterocycles. The van der Waals surface area contributed by atoms with Crippen LogP contribution in [-0.4, -0.2) is 30.4 Å². The Morgan fingerprint density at radius 2 is 1.68 bits per heavy atom. The Kier molecular flexibility index (Phi) is 6.46. The maximum atomic E-state index is 12.1. The molecule has 4 heteroatoms. The molecule has 1 heterocycles. The first-order valence-corrected chi connectivity index (χ1v) is 9.08. The molecule has 2 aromatic carbocycles. The Hall–Kier alpha value is -2.33. The number of hydrogen-bond acceptors (Lipinski definition) is 3. The standard InChI is InChI=1S/C21H26N2O2/c24-21(13-16-23-14-5-2-6-15-23)22-19-9-11-20(12-10-19)25-17-18-7-3-1-4-8-18/h1,3-4,7-12H,2,5-6,13-17H2,(H,22,24). The number of hydrogen-bond donors (Lipinski definition) is 1. The number of nitrogens with zero attached hydrogens (tertiary/aromatic N) is 1. The Balaban J connectivity index is 1.41. The molecule has 1 aliphatic rings. The number of carbonyl (C=O) groups is 1. The van der Waals surface area contributed by atoms with Crippen molar-refractivity contribution in [1.82, 2.24) is 4.90 Å². The zero-order valence-corrected chi connectivity index (χ0v) is 14.6. The molecule has 0 saturated carbocycles. The fraction of sp³-hybridized carbons (Fsp3) is 0.381. The van der Waals surface area contributed by atoms with Gasteiger partial charge in [0.2, 0.25) is 5.91 Å². The normalized spacial score (nSPS) is 14.9. The number of nitrogens with one attached hydrogen (secondary N) is 1. The van der Waals surface area contributed by atoms with Crippen molar-refractivity contribution in [3.05, 3.63) is 60.2 Å². The van der Waals surface area contributed by atoms with Gasteiger partial charge in [-0.2, -0.15) is 0 Å². The highest BCUT2D eigenvalue weighted by molar-refractivity contribution is 5.90. The van der Waals surface area contributed by atoms with Crippen molar-refractivity contribution in [3.63, 3.8) is 0 Å². The summed E-state index contributed by atoms with van der Waals surface area (Å²) in [4.78, 5) is 14.5. The summed E-state index contributed by atoms with van der Waals surface area (Å²) < 4.78 is 5.76. The van der Waals surface area contributed by atoms with E-state index >= 15 is 0 Å². The summed E-state index contributed by atoms with van der Waals surface area (Å²) in [7, 11) is 0. The molecule has 4 nitrogen and oxygen atoms in total. The van der Waals surface area contributed by atoms with E-state index in [1.165, 1.54) is 19.3 Å². The lowest BCUT2D eigenvalue weighted by Crippen LogP contribution is -2.32. The summed E-state index contributed by atoms with van der Waals surface area (Å²) in [6.07, 6.45) is 4.38. The number of rotatable bonds is 7. The third kappa shape index (κ3) is 5.91. The molecule has 3 rings (SSSR count). The molecule has 1 fully saturated rings. The lowest BCUT2D eigenvalue weighted by atomic mass is 10.1. The van der Waals surface area contributed by atoms with Crippen molar-refractivity contribution in [3.8, 4) is 5.75 Å². The molecule has 0 unspecified atom stereocenters. The summed E-state index contributed by atoms with van der Waals surface area (Å²) in [6.45, 7) is 3.65. The second-order valence-corrected chi connectivity index (χ2v) is 6.50. The monoisotopic (exact) mass is 338 g/mol. The van der Waals surface area contributed by atoms with Gasteiger partial charge in [-0.1, -0.05) is 36.8 Å². The van der Waals surface area contributed by atoms with Crippen LogP contribution in [0.1, 0.15) is 31.2 Å². The first kappa shape index (κ1) is 17.5. The van der Waals surface area contributed by atoms with Crippen molar-refractivity contribution in [2.45, 2.75) is 32.3 Å². The van der Waals surface area contributed by atoms with E-state index < -0.39 is 0 Å². The van der Waals surface area contributed by atoms with Crippen LogP contribution in [0.5, 0.6) is 5.75 Å². The highest BCUT2D eigenvalue weighted by Gasteiger charge is 2.11. The van der Waals surface area contributed by atoms with E-state index in [0.29, 0.717) is 13.0 Å². The summed E-state index contributed by atoms with van der Waals surface area (Å²) in [6, 6.07) is 17.6. The van der Waals surface area contributed by atoms with Crippen LogP contribution < -0.4 is 10.1 Å². The van der Waals surface area contributed by atoms with E-state index in [4.69, 9.17) is 4.74 Å². The molecule has 1 amide bonds. The number of carbonyl (C=O) groups excluding carboxylic acids is 1. The minimum Gasteiger partial charge on any atom is -0.489 e. The summed E-state index contributed by atoms with van der Waals surface area (Å²) >= 11 is 0. The van der Waals surface area contributed by atoms with Gasteiger partial charge < -0.3 is 15.0 Å². The predicted molar refractivity (Wildman–Crippen MR) is 101 cm³/mol. The number of benzene rings is 2. The maximum Gasteiger partial charge on any atom is 0.225 e. The topological polar surface area (TPSA) is 41.6 Å². The van der Waals surface area contributed by atoms with Crippen molar-refractivity contribution >= 4 is 11.6 Å². The van der Waals surface area contributed by atoms with Gasteiger partial charge in [-0.15, -0.1) is 0 Å². The number of likely N-dealkylation sites (tertiary alicyclic amines) is 1. The maximum absolute atomic E-state index is 12.1. The average molecular weight is 338 g/mol. The van der Waals surface area contributed by atoms with E-state index in [0.717, 1.165) is 36.6 Å². The first-order valence-electron chi connectivity index (χ1n) is 9.08. The number of ether oxygens (including phenoxy) is 1. The lowest BCUT2D eigenvalue weighted by molar-refractivity contribution is -0.116. The summed E-state index contributed by atoms with van der Waals surface area (Å²) in [5, 5.41) is 2.96. The Labute approximate surface area is 149 Å². The largest absolute Gasteiger partial charge is 0.489 e. The molecule has 0 spiro atoms. The van der Waals surface area contributed by atoms with E-state index in [1.807, 2.05) is 54.6 Å². The van der Waals surface area contributed by atoms with Crippen molar-refractivity contribution in [2.24, 2.45) is 0 Å². The zero-order valence-electron chi connectivity index (χ0n) is 14.6. The fourth-order valence-electron chi connectivity index (χ4n) is 3.04. The van der Waals surface area contributed by atoms with Crippen LogP contribution in [0.3, 0.4) is 0 Å². The first-order chi connectivity index (χ1) is 12.3. The number of piperidine rings is 1. The van der Waals surface area contributed by atoms with E-state index in [2.05, 4.69) is 10.2 Å². The minimum absolute atomic E-state index is 0.0727. The molecule has 0 aliphatic carbocycles. The van der Waals surface area contributed by atoms with Gasteiger partial charge in [-0.3, -0.25) is 4.79 Å². The van der Waals surface area contributed by atoms with E-state index in [9.17, 15) is 4.79 Å². The number of anilines is 1. The second kappa shape index (κ2) is 9.23. The van der Waals surface area contributed by atoms with Crippen molar-refractivity contribution < 1.29 is 9.53 Å². The highest BCUT2D eigenvalue weighted by atomic mass is 16.5. The van der Waals surface area contributed by atoms with Gasteiger partial charge in [0.25, 0.3) is 0 Å². The Morgan fingerprint density at radius 1 is 0.960 bits per heavy atom. The third-order valence-corrected chi connectivity index (χ3v) is 4.49. The van der Waals surface area contributed by atoms with Gasteiger partial charge >= 0.3 is 0 Å². The van der Waals surface area contributed by atoms with Gasteiger partial charge in [0.05, 0.1) is 0 Å². The molecule has 1 N–H and O–H groups in total. The zero-order chi connectivity index (χ0) is 17.3. The van der Waals surface area contributed by atoms with Gasteiger partial charge in [0.15, 0.2) is 0 Å². The summed E-state index contributed by atoms with van der Waals surface area (Å²) in [5.74, 6) is 0.874. The van der Waals surface area contributed by atoms with Gasteiger partial charge in [0.1, 0.15) is 12.4 Å². The van der Waals surface area contributed by atoms with Crippen molar-refractivity contribution in [1.29, 1.82) is 0 Å². The van der Waals surface area contributed by atoms with Crippen LogP contribution in [0.25, 0.3) is 0 Å². The van der Waals surface area contributed by atoms with Crippen LogP contribution in [0.15, 0.2) is 54.6 Å². The molecule has 0 aromatic heterocycles. The number of amides is 1. The highest BCUT2D eigenvalue weighted by Crippen LogP contribution is 2.17. The molecule has 0 atom stereocenters. The minimum atomic E-state index is 0.0727. The van der Waals surface area contributed by atoms with Gasteiger partial charge in [-0.25, -0.2) is 0 Å². The quantitative estimate of drug-likeness (QED) is 0.827. The smallest absolute Gasteiger partial charge is 0.225 e. The third-order valence-electron chi connectivity index (χ3n) is 4.49. The van der Waals surface area contributed by atoms with Crippen LogP contribution in [-0.2, 0) is 11.4 Å². The Morgan fingerprint density at radius 3 is 2.40 bits per heavy atom. The van der Waals surface area contributed by atoms with E-state index in [1.54, 1.807) is 0 Å². The fourth-order valence-corrected chi connectivity index (χ4v) is 3.04. The predicted octanol–water partition coefficient (Wildman–Crippen LogP) is 4.08. The van der Waals surface area contributed by atoms with Gasteiger partial charge in [0, 0.05) is 18.7 Å². The van der Waals surface area contributed by atoms with Crippen LogP contribution in [0, 0.1) is 0 Å². The van der Waals surface area contributed by atoms with Gasteiger partial charge in [-0.05, 0) is 55.8 Å². The van der Waals surface area contributed by atoms with E-state index in [-0.39, 0.29) is 5.91 Å². The van der Waals surface area contributed by atoms with Crippen LogP contribution in [0.2, 0.25) is 0 Å². The average Bonchev–Trinajstić information content (AvgIpc) is 2.67. The molecule has 0 bridgehead atoms. The lowest BCUT2D eigenvalue weighted by Gasteiger charge is -2.25. The molecule has 25 heavy (non-hydrogen) atoms. The van der Waals surface area contributed by atoms with Crippen molar-refractivity contribution in [2.75, 3.05) is 25.0 Å². The SMILES string of the molecule is O=C(CCN1CCCCC1)Nc1ccc(OCc2ccccc2)cc1. The molecular formula is C21H26N2O2. The summed E-state index contributed by atoms with van der Waals surface area (Å²) in [5.41, 5.74) is 1.95. The van der Waals surface area contributed by atoms with Crippen LogP contribution >= 0.6 is 0 Å². The molecule has 132 valence electrons. The van der Waals surface area contributed by atoms with Crippen LogP contribution in [0.4, 0.5) is 5.69 Å². The molecule has 1 aliphatic heterocycles. The second-order valence-electron chi connectivity index (χ2n) is 6.50.